The summed E-state index contributed by atoms with van der Waals surface area (Å²) in [5.74, 6) is 0.345. The van der Waals surface area contributed by atoms with Gasteiger partial charge in [0.25, 0.3) is 5.91 Å². The van der Waals surface area contributed by atoms with Crippen molar-refractivity contribution in [3.8, 4) is 0 Å². The molecule has 0 unspecified atom stereocenters. The van der Waals surface area contributed by atoms with Gasteiger partial charge in [0.2, 0.25) is 0 Å². The molecular formula is C39H43N7O4S2. The van der Waals surface area contributed by atoms with E-state index in [1.54, 1.807) is 29.6 Å². The minimum atomic E-state index is -0.815. The maximum absolute atomic E-state index is 13.4. The fourth-order valence-electron chi connectivity index (χ4n) is 5.96. The molecule has 0 aliphatic carbocycles. The topological polar surface area (TPSA) is 142 Å². The third kappa shape index (κ3) is 9.46. The molecule has 6 rings (SSSR count). The van der Waals surface area contributed by atoms with Crippen molar-refractivity contribution in [1.82, 2.24) is 25.2 Å². The minimum Gasteiger partial charge on any atom is -0.444 e. The summed E-state index contributed by atoms with van der Waals surface area (Å²) in [6.45, 7) is 6.94. The Bertz CT molecular complexity index is 1890. The van der Waals surface area contributed by atoms with Gasteiger partial charge < -0.3 is 30.7 Å². The van der Waals surface area contributed by atoms with Crippen LogP contribution < -0.4 is 16.0 Å². The van der Waals surface area contributed by atoms with Gasteiger partial charge in [-0.2, -0.15) is 0 Å². The van der Waals surface area contributed by atoms with E-state index in [1.807, 2.05) is 99.6 Å². The van der Waals surface area contributed by atoms with Crippen LogP contribution in [0.1, 0.15) is 55.2 Å². The number of ether oxygens (including phenoxy) is 1. The van der Waals surface area contributed by atoms with E-state index in [2.05, 4.69) is 30.9 Å². The number of hydrogen-bond donors (Lipinski definition) is 4. The molecule has 0 radical (unpaired) electrons. The minimum absolute atomic E-state index is 0.179. The van der Waals surface area contributed by atoms with Gasteiger partial charge >= 0.3 is 6.09 Å². The first-order valence-electron chi connectivity index (χ1n) is 17.2. The molecule has 2 amide bonds. The van der Waals surface area contributed by atoms with E-state index < -0.39 is 11.0 Å². The van der Waals surface area contributed by atoms with Crippen LogP contribution in [0.2, 0.25) is 0 Å². The van der Waals surface area contributed by atoms with Gasteiger partial charge in [0.05, 0.1) is 34.3 Å². The number of aromatic nitrogens is 3. The number of likely N-dealkylation sites (tertiary alicyclic amines) is 1. The standard InChI is InChI=1S/C39H43N7O4S2/c1-38(2,3)50-37(49)46-20-17-29(18-21-46)44-30-14-15-33(41-23-30)45-36-42-24-34(52-36)51-31-16-19-40-32(22-31)35(48)43-25-39(26-47,27-10-6-4-7-11-27)28-12-8-5-9-13-28/h4-16,19,22-24,29,44,47H,17-18,20-21,25-26H2,1-3H3,(H,43,48)(H,41,42,45). The van der Waals surface area contributed by atoms with Crippen LogP contribution in [0.5, 0.6) is 0 Å². The van der Waals surface area contributed by atoms with Gasteiger partial charge in [0.15, 0.2) is 5.13 Å². The molecule has 4 heterocycles. The Morgan fingerprint density at radius 1 is 0.923 bits per heavy atom. The predicted molar refractivity (Wildman–Crippen MR) is 206 cm³/mol. The third-order valence-corrected chi connectivity index (χ3v) is 10.7. The number of amides is 2. The lowest BCUT2D eigenvalue weighted by molar-refractivity contribution is 0.0210. The van der Waals surface area contributed by atoms with Crippen molar-refractivity contribution in [2.75, 3.05) is 36.9 Å². The lowest BCUT2D eigenvalue weighted by Crippen LogP contribution is -2.44. The summed E-state index contributed by atoms with van der Waals surface area (Å²) in [6, 6.07) is 27.2. The van der Waals surface area contributed by atoms with E-state index in [0.717, 1.165) is 38.8 Å². The van der Waals surface area contributed by atoms with Gasteiger partial charge in [-0.3, -0.25) is 9.78 Å². The quantitative estimate of drug-likeness (QED) is 0.103. The highest BCUT2D eigenvalue weighted by molar-refractivity contribution is 8.01. The number of nitrogens with one attached hydrogen (secondary N) is 3. The van der Waals surface area contributed by atoms with Gasteiger partial charge in [-0.05, 0) is 69.0 Å². The number of carbonyl (C=O) groups excluding carboxylic acids is 2. The fraction of sp³-hybridized carbons (Fsp3) is 0.308. The molecule has 52 heavy (non-hydrogen) atoms. The third-order valence-electron chi connectivity index (χ3n) is 8.66. The zero-order valence-corrected chi connectivity index (χ0v) is 31.0. The van der Waals surface area contributed by atoms with E-state index >= 15 is 0 Å². The number of piperidine rings is 1. The SMILES string of the molecule is CC(C)(C)OC(=O)N1CCC(Nc2ccc(Nc3ncc(Sc4ccnc(C(=O)NCC(CO)(c5ccccc5)c5ccccc5)c4)s3)nc2)CC1. The summed E-state index contributed by atoms with van der Waals surface area (Å²) in [6.07, 6.45) is 6.59. The van der Waals surface area contributed by atoms with Crippen molar-refractivity contribution >= 4 is 51.7 Å². The van der Waals surface area contributed by atoms with E-state index in [0.29, 0.717) is 24.0 Å². The molecule has 1 fully saturated rings. The molecule has 13 heteroatoms. The molecule has 1 saturated heterocycles. The number of carbonyl (C=O) groups is 2. The van der Waals surface area contributed by atoms with Crippen molar-refractivity contribution in [1.29, 1.82) is 0 Å². The molecule has 3 aromatic heterocycles. The van der Waals surface area contributed by atoms with Crippen molar-refractivity contribution in [3.63, 3.8) is 0 Å². The van der Waals surface area contributed by atoms with Crippen LogP contribution in [-0.2, 0) is 10.2 Å². The van der Waals surface area contributed by atoms with Gasteiger partial charge in [-0.15, -0.1) is 0 Å². The highest BCUT2D eigenvalue weighted by atomic mass is 32.2. The number of benzene rings is 2. The summed E-state index contributed by atoms with van der Waals surface area (Å²) >= 11 is 2.97. The Morgan fingerprint density at radius 3 is 2.23 bits per heavy atom. The summed E-state index contributed by atoms with van der Waals surface area (Å²) < 4.78 is 6.44. The Morgan fingerprint density at radius 2 is 1.62 bits per heavy atom. The van der Waals surface area contributed by atoms with Gasteiger partial charge in [0, 0.05) is 36.8 Å². The average Bonchev–Trinajstić information content (AvgIpc) is 3.59. The predicted octanol–water partition coefficient (Wildman–Crippen LogP) is 7.35. The molecule has 1 aliphatic heterocycles. The number of pyridine rings is 2. The van der Waals surface area contributed by atoms with E-state index in [-0.39, 0.29) is 36.9 Å². The second-order valence-corrected chi connectivity index (χ2v) is 16.0. The number of aliphatic hydroxyl groups is 1. The van der Waals surface area contributed by atoms with Crippen molar-refractivity contribution in [3.05, 3.63) is 120 Å². The molecule has 1 aliphatic rings. The number of aliphatic hydroxyl groups excluding tert-OH is 1. The first-order chi connectivity index (χ1) is 25.1. The van der Waals surface area contributed by atoms with Crippen LogP contribution in [0.4, 0.5) is 21.4 Å². The van der Waals surface area contributed by atoms with Crippen LogP contribution >= 0.6 is 23.1 Å². The molecule has 11 nitrogen and oxygen atoms in total. The molecular weight excluding hydrogens is 695 g/mol. The van der Waals surface area contributed by atoms with Gasteiger partial charge in [-0.1, -0.05) is 83.8 Å². The van der Waals surface area contributed by atoms with Gasteiger partial charge in [-0.25, -0.2) is 14.8 Å². The molecule has 270 valence electrons. The second kappa shape index (κ2) is 16.6. The Hall–Kier alpha value is -4.98. The lowest BCUT2D eigenvalue weighted by Gasteiger charge is -2.34. The van der Waals surface area contributed by atoms with Crippen LogP contribution in [0.25, 0.3) is 0 Å². The monoisotopic (exact) mass is 737 g/mol. The van der Waals surface area contributed by atoms with Crippen molar-refractivity contribution in [2.45, 2.75) is 59.8 Å². The Labute approximate surface area is 312 Å². The molecule has 2 aromatic carbocycles. The Kier molecular flexibility index (Phi) is 11.7. The number of rotatable bonds is 12. The first kappa shape index (κ1) is 36.8. The summed E-state index contributed by atoms with van der Waals surface area (Å²) in [5, 5.41) is 21.2. The Balaban J connectivity index is 1.01. The summed E-state index contributed by atoms with van der Waals surface area (Å²) in [5.41, 5.74) is 1.70. The highest BCUT2D eigenvalue weighted by Crippen LogP contribution is 2.35. The average molecular weight is 738 g/mol. The van der Waals surface area contributed by atoms with Crippen LogP contribution in [-0.4, -0.2) is 74.8 Å². The van der Waals surface area contributed by atoms with Gasteiger partial charge in [0.1, 0.15) is 17.1 Å². The smallest absolute Gasteiger partial charge is 0.410 e. The van der Waals surface area contributed by atoms with Crippen LogP contribution in [0.3, 0.4) is 0 Å². The molecule has 4 N–H and O–H groups in total. The molecule has 0 atom stereocenters. The van der Waals surface area contributed by atoms with E-state index in [1.165, 1.54) is 23.1 Å². The zero-order valence-electron chi connectivity index (χ0n) is 29.4. The molecule has 0 saturated carbocycles. The maximum Gasteiger partial charge on any atom is 0.410 e. The van der Waals surface area contributed by atoms with Crippen LogP contribution in [0, 0.1) is 0 Å². The summed E-state index contributed by atoms with van der Waals surface area (Å²) in [7, 11) is 0. The number of hydrogen-bond acceptors (Lipinski definition) is 11. The largest absolute Gasteiger partial charge is 0.444 e. The summed E-state index contributed by atoms with van der Waals surface area (Å²) in [4.78, 5) is 41.8. The van der Waals surface area contributed by atoms with E-state index in [4.69, 9.17) is 4.74 Å². The van der Waals surface area contributed by atoms with Crippen LogP contribution in [0.15, 0.2) is 113 Å². The zero-order chi connectivity index (χ0) is 36.6. The van der Waals surface area contributed by atoms with Crippen molar-refractivity contribution < 1.29 is 19.4 Å². The molecule has 5 aromatic rings. The normalized spacial score (nSPS) is 13.7. The highest BCUT2D eigenvalue weighted by Gasteiger charge is 2.34. The van der Waals surface area contributed by atoms with E-state index in [9.17, 15) is 14.7 Å². The molecule has 0 spiro atoms. The number of thiazole rings is 1. The molecule has 0 bridgehead atoms. The first-order valence-corrected chi connectivity index (χ1v) is 18.8. The van der Waals surface area contributed by atoms with Crippen molar-refractivity contribution in [2.24, 2.45) is 0 Å². The second-order valence-electron chi connectivity index (χ2n) is 13.6. The number of nitrogens with zero attached hydrogens (tertiary/aromatic N) is 4. The fourth-order valence-corrected chi connectivity index (χ4v) is 7.84. The number of anilines is 3. The lowest BCUT2D eigenvalue weighted by atomic mass is 9.75. The maximum atomic E-state index is 13.4.